The Balaban J connectivity index is 0.000000165. The number of hydrogen-bond acceptors (Lipinski definition) is 3. The molecule has 0 aromatic carbocycles. The van der Waals surface area contributed by atoms with Crippen LogP contribution in [0.15, 0.2) is 37.1 Å². The molecule has 1 saturated heterocycles. The average molecular weight is 220 g/mol. The molecule has 0 spiro atoms. The fourth-order valence-corrected chi connectivity index (χ4v) is 1.32. The summed E-state index contributed by atoms with van der Waals surface area (Å²) in [5.41, 5.74) is 0. The van der Waals surface area contributed by atoms with Crippen molar-refractivity contribution in [3.05, 3.63) is 37.1 Å². The third-order valence-electron chi connectivity index (χ3n) is 2.11. The molecule has 0 aliphatic carbocycles. The van der Waals surface area contributed by atoms with Crippen LogP contribution in [0, 0.1) is 0 Å². The molecule has 2 heterocycles. The first kappa shape index (κ1) is 12.2. The van der Waals surface area contributed by atoms with Crippen molar-refractivity contribution in [2.75, 3.05) is 13.1 Å². The van der Waals surface area contributed by atoms with Gasteiger partial charge in [0.1, 0.15) is 0 Å². The molecule has 4 heteroatoms. The van der Waals surface area contributed by atoms with Crippen molar-refractivity contribution < 1.29 is 9.59 Å². The number of amides is 2. The smallest absolute Gasteiger partial charge is 0.227 e. The van der Waals surface area contributed by atoms with E-state index in [9.17, 15) is 9.59 Å². The highest BCUT2D eigenvalue weighted by Crippen LogP contribution is 1.96. The topological polar surface area (TPSA) is 49.4 Å². The fraction of sp³-hybridized carbons (Fsp3) is 0.333. The molecule has 4 nitrogen and oxygen atoms in total. The van der Waals surface area contributed by atoms with Crippen LogP contribution in [0.3, 0.4) is 0 Å². The molecule has 2 rings (SSSR count). The summed E-state index contributed by atoms with van der Waals surface area (Å²) in [4.78, 5) is 22.4. The second kappa shape index (κ2) is 6.61. The van der Waals surface area contributed by atoms with Crippen molar-refractivity contribution in [3.8, 4) is 0 Å². The van der Waals surface area contributed by atoms with E-state index in [0.29, 0.717) is 12.8 Å². The molecule has 0 bridgehead atoms. The Kier molecular flexibility index (Phi) is 5.05. The van der Waals surface area contributed by atoms with Crippen molar-refractivity contribution >= 4 is 11.8 Å². The molecule has 1 N–H and O–H groups in total. The summed E-state index contributed by atoms with van der Waals surface area (Å²) in [5.74, 6) is -0.296. The Morgan fingerprint density at radius 1 is 1.31 bits per heavy atom. The number of hydrogen-bond donors (Lipinski definition) is 1. The summed E-state index contributed by atoms with van der Waals surface area (Å²) in [7, 11) is 0. The number of nitrogens with zero attached hydrogens (tertiary/aromatic N) is 1. The fourth-order valence-electron chi connectivity index (χ4n) is 1.32. The van der Waals surface area contributed by atoms with E-state index in [1.54, 1.807) is 0 Å². The molecule has 0 atom stereocenters. The number of rotatable bonds is 2. The van der Waals surface area contributed by atoms with Crippen LogP contribution in [0.2, 0.25) is 0 Å². The van der Waals surface area contributed by atoms with Gasteiger partial charge in [-0.05, 0) is 12.3 Å². The standard InChI is InChI=1S/C8H11N.C4H5NO2/c1-2-6-9-7-4-3-5-8-9;6-3-1-2-4(7)5-3/h2-5,7H,1,6,8H2;1-2H2,(H,5,6,7). The quantitative estimate of drug-likeness (QED) is 0.557. The summed E-state index contributed by atoms with van der Waals surface area (Å²) in [5, 5.41) is 2.14. The predicted octanol–water partition coefficient (Wildman–Crippen LogP) is 0.981. The van der Waals surface area contributed by atoms with E-state index in [1.165, 1.54) is 0 Å². The van der Waals surface area contributed by atoms with Crippen molar-refractivity contribution in [2.24, 2.45) is 0 Å². The van der Waals surface area contributed by atoms with Gasteiger partial charge in [0.2, 0.25) is 11.8 Å². The van der Waals surface area contributed by atoms with Gasteiger partial charge in [-0.1, -0.05) is 18.2 Å². The van der Waals surface area contributed by atoms with Gasteiger partial charge in [0.15, 0.2) is 0 Å². The minimum Gasteiger partial charge on any atom is -0.370 e. The van der Waals surface area contributed by atoms with Crippen molar-refractivity contribution in [1.29, 1.82) is 0 Å². The zero-order valence-electron chi connectivity index (χ0n) is 9.19. The first-order valence-corrected chi connectivity index (χ1v) is 5.23. The largest absolute Gasteiger partial charge is 0.370 e. The number of carbonyl (C=O) groups excluding carboxylic acids is 2. The zero-order chi connectivity index (χ0) is 11.8. The van der Waals surface area contributed by atoms with Crippen molar-refractivity contribution in [2.45, 2.75) is 12.8 Å². The molecule has 0 unspecified atom stereocenters. The first-order valence-electron chi connectivity index (χ1n) is 5.23. The molecular weight excluding hydrogens is 204 g/mol. The van der Waals surface area contributed by atoms with E-state index in [1.807, 2.05) is 12.2 Å². The van der Waals surface area contributed by atoms with Crippen LogP contribution in [0.25, 0.3) is 0 Å². The van der Waals surface area contributed by atoms with Gasteiger partial charge in [0, 0.05) is 25.9 Å². The van der Waals surface area contributed by atoms with Crippen LogP contribution in [0.4, 0.5) is 0 Å². The molecule has 86 valence electrons. The van der Waals surface area contributed by atoms with Gasteiger partial charge in [-0.3, -0.25) is 14.9 Å². The molecule has 2 amide bonds. The highest BCUT2D eigenvalue weighted by Gasteiger charge is 2.15. The van der Waals surface area contributed by atoms with Gasteiger partial charge in [-0.2, -0.15) is 0 Å². The summed E-state index contributed by atoms with van der Waals surface area (Å²) in [6, 6.07) is 0. The van der Waals surface area contributed by atoms with Crippen molar-refractivity contribution in [1.82, 2.24) is 10.2 Å². The van der Waals surface area contributed by atoms with Gasteiger partial charge in [0.05, 0.1) is 0 Å². The predicted molar refractivity (Wildman–Crippen MR) is 62.4 cm³/mol. The Morgan fingerprint density at radius 2 is 2.00 bits per heavy atom. The van der Waals surface area contributed by atoms with Gasteiger partial charge in [0.25, 0.3) is 0 Å². The second-order valence-corrected chi connectivity index (χ2v) is 3.48. The Bertz CT molecular complexity index is 316. The Hall–Kier alpha value is -1.84. The highest BCUT2D eigenvalue weighted by molar-refractivity contribution is 6.01. The summed E-state index contributed by atoms with van der Waals surface area (Å²) in [6.45, 7) is 5.62. The highest BCUT2D eigenvalue weighted by atomic mass is 16.2. The molecule has 0 radical (unpaired) electrons. The van der Waals surface area contributed by atoms with Gasteiger partial charge in [-0.15, -0.1) is 6.58 Å². The zero-order valence-corrected chi connectivity index (χ0v) is 9.19. The third-order valence-corrected chi connectivity index (χ3v) is 2.11. The van der Waals surface area contributed by atoms with E-state index in [-0.39, 0.29) is 11.8 Å². The van der Waals surface area contributed by atoms with Crippen LogP contribution in [0.1, 0.15) is 12.8 Å². The van der Waals surface area contributed by atoms with Crippen LogP contribution in [-0.2, 0) is 9.59 Å². The maximum absolute atomic E-state index is 10.1. The van der Waals surface area contributed by atoms with Gasteiger partial charge in [-0.25, -0.2) is 0 Å². The lowest BCUT2D eigenvalue weighted by Gasteiger charge is -2.17. The van der Waals surface area contributed by atoms with E-state index < -0.39 is 0 Å². The number of allylic oxidation sites excluding steroid dienone is 2. The molecule has 0 aromatic rings. The summed E-state index contributed by atoms with van der Waals surface area (Å²) >= 11 is 0. The number of nitrogens with one attached hydrogen (secondary N) is 1. The van der Waals surface area contributed by atoms with Crippen LogP contribution in [0.5, 0.6) is 0 Å². The Morgan fingerprint density at radius 3 is 2.38 bits per heavy atom. The number of carbonyl (C=O) groups is 2. The van der Waals surface area contributed by atoms with Gasteiger partial charge < -0.3 is 4.90 Å². The van der Waals surface area contributed by atoms with Crippen molar-refractivity contribution in [3.63, 3.8) is 0 Å². The SMILES string of the molecule is C=CCN1C=CC=CC1.O=C1CCC(=O)N1. The lowest BCUT2D eigenvalue weighted by Crippen LogP contribution is -2.18. The van der Waals surface area contributed by atoms with E-state index in [2.05, 4.69) is 35.1 Å². The molecule has 1 fully saturated rings. The Labute approximate surface area is 95.3 Å². The monoisotopic (exact) mass is 220 g/mol. The second-order valence-electron chi connectivity index (χ2n) is 3.48. The van der Waals surface area contributed by atoms with Crippen LogP contribution < -0.4 is 5.32 Å². The normalized spacial score (nSPS) is 17.9. The van der Waals surface area contributed by atoms with E-state index in [0.717, 1.165) is 13.1 Å². The summed E-state index contributed by atoms with van der Waals surface area (Å²) < 4.78 is 0. The molecule has 16 heavy (non-hydrogen) atoms. The lowest BCUT2D eigenvalue weighted by atomic mass is 10.3. The average Bonchev–Trinajstić information content (AvgIpc) is 2.65. The molecule has 2 aliphatic rings. The molecule has 2 aliphatic heterocycles. The maximum Gasteiger partial charge on any atom is 0.227 e. The van der Waals surface area contributed by atoms with Gasteiger partial charge >= 0.3 is 0 Å². The van der Waals surface area contributed by atoms with Crippen LogP contribution >= 0.6 is 0 Å². The van der Waals surface area contributed by atoms with E-state index in [4.69, 9.17) is 0 Å². The third kappa shape index (κ3) is 4.59. The lowest BCUT2D eigenvalue weighted by molar-refractivity contribution is -0.124. The minimum atomic E-state index is -0.148. The van der Waals surface area contributed by atoms with E-state index >= 15 is 0 Å². The van der Waals surface area contributed by atoms with Crippen LogP contribution in [-0.4, -0.2) is 29.8 Å². The molecule has 0 saturated carbocycles. The summed E-state index contributed by atoms with van der Waals surface area (Å²) in [6.07, 6.45) is 10.9. The first-order chi connectivity index (χ1) is 7.72. The maximum atomic E-state index is 10.1. The minimum absolute atomic E-state index is 0.148. The molecule has 0 aromatic heterocycles. The number of imide groups is 1. The molecular formula is C12H16N2O2.